The molecule has 0 radical (unpaired) electrons. The monoisotopic (exact) mass is 525 g/mol. The van der Waals surface area contributed by atoms with Gasteiger partial charge in [0.05, 0.1) is 29.7 Å². The van der Waals surface area contributed by atoms with E-state index in [-0.39, 0.29) is 17.0 Å². The number of primary amides is 1. The van der Waals surface area contributed by atoms with E-state index in [9.17, 15) is 14.4 Å². The largest absolute Gasteiger partial charge is 0.494 e. The molecule has 4 rings (SSSR count). The second-order valence-corrected chi connectivity index (χ2v) is 9.20. The highest BCUT2D eigenvalue weighted by Gasteiger charge is 2.55. The number of ether oxygens (including phenoxy) is 1. The van der Waals surface area contributed by atoms with Gasteiger partial charge in [-0.3, -0.25) is 19.1 Å². The molecule has 5 N–H and O–H groups in total. The topological polar surface area (TPSA) is 153 Å². The molecular formula is C25H28ClN7O4. The summed E-state index contributed by atoms with van der Waals surface area (Å²) in [6.07, 6.45) is 4.60. The van der Waals surface area contributed by atoms with Crippen LogP contribution in [0, 0.1) is 5.41 Å². The van der Waals surface area contributed by atoms with E-state index < -0.39 is 11.3 Å². The third kappa shape index (κ3) is 5.36. The molecule has 0 spiro atoms. The fourth-order valence-corrected chi connectivity index (χ4v) is 4.25. The average Bonchev–Trinajstić information content (AvgIpc) is 3.58. The van der Waals surface area contributed by atoms with Crippen LogP contribution in [0.1, 0.15) is 28.8 Å². The number of carbonyl (C=O) groups is 3. The molecule has 1 aromatic carbocycles. The summed E-state index contributed by atoms with van der Waals surface area (Å²) < 4.78 is 7.44. The maximum Gasteiger partial charge on any atom is 0.254 e. The molecule has 3 aromatic rings. The van der Waals surface area contributed by atoms with Gasteiger partial charge in [0.1, 0.15) is 10.6 Å². The van der Waals surface area contributed by atoms with Crippen LogP contribution in [0.4, 0.5) is 11.4 Å². The number of nitrogens with one attached hydrogen (secondary N) is 3. The molecule has 0 aliphatic heterocycles. The van der Waals surface area contributed by atoms with Crippen LogP contribution in [-0.2, 0) is 23.1 Å². The second kappa shape index (κ2) is 10.5. The van der Waals surface area contributed by atoms with Crippen molar-refractivity contribution in [1.82, 2.24) is 25.4 Å². The molecule has 3 amide bonds. The minimum Gasteiger partial charge on any atom is -0.494 e. The number of pyridine rings is 1. The van der Waals surface area contributed by atoms with Crippen LogP contribution in [0.3, 0.4) is 0 Å². The highest BCUT2D eigenvalue weighted by atomic mass is 35.5. The summed E-state index contributed by atoms with van der Waals surface area (Å²) in [5, 5.41) is 13.4. The third-order valence-corrected chi connectivity index (χ3v) is 6.52. The van der Waals surface area contributed by atoms with E-state index in [1.807, 2.05) is 31.4 Å². The minimum absolute atomic E-state index is 0.210. The Labute approximate surface area is 218 Å². The number of aryl methyl sites for hydroxylation is 1. The lowest BCUT2D eigenvalue weighted by atomic mass is 10.0. The maximum atomic E-state index is 12.5. The van der Waals surface area contributed by atoms with Crippen molar-refractivity contribution in [3.05, 3.63) is 52.9 Å². The minimum atomic E-state index is -1.08. The van der Waals surface area contributed by atoms with Crippen LogP contribution >= 0.6 is 11.6 Å². The Morgan fingerprint density at radius 2 is 1.97 bits per heavy atom. The molecule has 11 nitrogen and oxygen atoms in total. The number of benzene rings is 1. The molecule has 0 unspecified atom stereocenters. The summed E-state index contributed by atoms with van der Waals surface area (Å²) in [4.78, 5) is 40.6. The van der Waals surface area contributed by atoms with Gasteiger partial charge in [0.15, 0.2) is 5.75 Å². The van der Waals surface area contributed by atoms with Crippen molar-refractivity contribution in [2.75, 3.05) is 26.0 Å². The molecule has 1 fully saturated rings. The van der Waals surface area contributed by atoms with Gasteiger partial charge in [-0.05, 0) is 49.1 Å². The van der Waals surface area contributed by atoms with Crippen LogP contribution in [0.2, 0.25) is 5.15 Å². The zero-order valence-electron chi connectivity index (χ0n) is 20.7. The molecule has 194 valence electrons. The highest BCUT2D eigenvalue weighted by molar-refractivity contribution is 6.29. The van der Waals surface area contributed by atoms with Gasteiger partial charge >= 0.3 is 0 Å². The van der Waals surface area contributed by atoms with Crippen molar-refractivity contribution in [3.63, 3.8) is 0 Å². The molecular weight excluding hydrogens is 498 g/mol. The molecule has 12 heteroatoms. The van der Waals surface area contributed by atoms with E-state index in [0.717, 1.165) is 5.56 Å². The van der Waals surface area contributed by atoms with E-state index >= 15 is 0 Å². The molecule has 1 aliphatic rings. The van der Waals surface area contributed by atoms with Gasteiger partial charge in [0.2, 0.25) is 11.8 Å². The second-order valence-electron chi connectivity index (χ2n) is 8.81. The lowest BCUT2D eigenvalue weighted by molar-refractivity contribution is -0.135. The fourth-order valence-electron chi connectivity index (χ4n) is 4.09. The number of rotatable bonds is 10. The number of halogens is 1. The van der Waals surface area contributed by atoms with Crippen LogP contribution in [0.25, 0.3) is 11.3 Å². The Hall–Kier alpha value is -4.12. The fraction of sp³-hybridized carbons (Fsp3) is 0.320. The molecule has 0 atom stereocenters. The summed E-state index contributed by atoms with van der Waals surface area (Å²) in [6, 6.07) is 7.20. The molecule has 0 bridgehead atoms. The smallest absolute Gasteiger partial charge is 0.254 e. The SMILES string of the molecule is CNC(=O)c1cnc(Cl)cc1Nc1cc(CCNC(=O)C2(C(N)=O)CC2)cc(-c2ccn(C)n2)c1OC. The zero-order chi connectivity index (χ0) is 26.7. The normalized spacial score (nSPS) is 13.5. The summed E-state index contributed by atoms with van der Waals surface area (Å²) in [5.74, 6) is -0.773. The Bertz CT molecular complexity index is 1370. The quantitative estimate of drug-likeness (QED) is 0.234. The van der Waals surface area contributed by atoms with Crippen molar-refractivity contribution in [2.45, 2.75) is 19.3 Å². The molecule has 2 heterocycles. The van der Waals surface area contributed by atoms with Gasteiger partial charge in [-0.1, -0.05) is 11.6 Å². The summed E-state index contributed by atoms with van der Waals surface area (Å²) in [7, 11) is 4.89. The van der Waals surface area contributed by atoms with E-state index in [1.54, 1.807) is 17.9 Å². The Balaban J connectivity index is 1.69. The van der Waals surface area contributed by atoms with Crippen LogP contribution < -0.4 is 26.4 Å². The van der Waals surface area contributed by atoms with Gasteiger partial charge in [-0.2, -0.15) is 5.10 Å². The number of hydrogen-bond acceptors (Lipinski definition) is 7. The standard InChI is InChI=1S/C25H28ClN7O4/c1-28-22(34)16-13-30-20(26)12-18(16)31-19-11-14(4-8-29-24(36)25(6-7-25)23(27)35)10-15(21(19)37-3)17-5-9-33(2)32-17/h5,9-13H,4,6-8H2,1-3H3,(H2,27,35)(H,28,34)(H,29,36)(H,30,31). The summed E-state index contributed by atoms with van der Waals surface area (Å²) in [6.45, 7) is 0.297. The first-order chi connectivity index (χ1) is 17.7. The van der Waals surface area contributed by atoms with Gasteiger partial charge in [0, 0.05) is 38.6 Å². The first kappa shape index (κ1) is 26.0. The molecule has 1 saturated carbocycles. The Morgan fingerprint density at radius 3 is 2.57 bits per heavy atom. The Morgan fingerprint density at radius 1 is 1.22 bits per heavy atom. The number of hydrogen-bond donors (Lipinski definition) is 4. The lowest BCUT2D eigenvalue weighted by Gasteiger charge is -2.18. The number of nitrogens with zero attached hydrogens (tertiary/aromatic N) is 3. The van der Waals surface area contributed by atoms with Crippen molar-refractivity contribution in [1.29, 1.82) is 0 Å². The summed E-state index contributed by atoms with van der Waals surface area (Å²) in [5.41, 5.74) is 7.88. The average molecular weight is 526 g/mol. The number of anilines is 2. The molecule has 1 aliphatic carbocycles. The zero-order valence-corrected chi connectivity index (χ0v) is 21.5. The first-order valence-corrected chi connectivity index (χ1v) is 12.0. The predicted octanol–water partition coefficient (Wildman–Crippen LogP) is 2.17. The van der Waals surface area contributed by atoms with E-state index in [0.29, 0.717) is 59.8 Å². The lowest BCUT2D eigenvalue weighted by Crippen LogP contribution is -2.41. The van der Waals surface area contributed by atoms with Crippen LogP contribution in [0.15, 0.2) is 36.7 Å². The van der Waals surface area contributed by atoms with Crippen LogP contribution in [0.5, 0.6) is 5.75 Å². The Kier molecular flexibility index (Phi) is 7.35. The van der Waals surface area contributed by atoms with E-state index in [2.05, 4.69) is 26.0 Å². The first-order valence-electron chi connectivity index (χ1n) is 11.6. The number of carbonyl (C=O) groups excluding carboxylic acids is 3. The maximum absolute atomic E-state index is 12.5. The summed E-state index contributed by atoms with van der Waals surface area (Å²) >= 11 is 6.13. The van der Waals surface area contributed by atoms with Gasteiger partial charge < -0.3 is 26.4 Å². The number of amides is 3. The number of nitrogens with two attached hydrogens (primary N) is 1. The van der Waals surface area contributed by atoms with Crippen LogP contribution in [-0.4, -0.2) is 53.2 Å². The van der Waals surface area contributed by atoms with Gasteiger partial charge in [-0.15, -0.1) is 0 Å². The molecule has 0 saturated heterocycles. The highest BCUT2D eigenvalue weighted by Crippen LogP contribution is 2.45. The molecule has 37 heavy (non-hydrogen) atoms. The van der Waals surface area contributed by atoms with Crippen molar-refractivity contribution >= 4 is 40.7 Å². The predicted molar refractivity (Wildman–Crippen MR) is 139 cm³/mol. The van der Waals surface area contributed by atoms with Crippen molar-refractivity contribution < 1.29 is 19.1 Å². The molecule has 2 aromatic heterocycles. The van der Waals surface area contributed by atoms with Gasteiger partial charge in [0.25, 0.3) is 5.91 Å². The van der Waals surface area contributed by atoms with E-state index in [4.69, 9.17) is 22.1 Å². The third-order valence-electron chi connectivity index (χ3n) is 6.31. The number of methoxy groups -OCH3 is 1. The number of aromatic nitrogens is 3. The van der Waals surface area contributed by atoms with Crippen molar-refractivity contribution in [3.8, 4) is 17.0 Å². The van der Waals surface area contributed by atoms with Gasteiger partial charge in [-0.25, -0.2) is 4.98 Å². The van der Waals surface area contributed by atoms with E-state index in [1.165, 1.54) is 13.2 Å². The van der Waals surface area contributed by atoms with Crippen molar-refractivity contribution in [2.24, 2.45) is 18.2 Å².